The summed E-state index contributed by atoms with van der Waals surface area (Å²) in [5, 5.41) is 8.07. The molecular formula is C20H30ClIN6O2. The van der Waals surface area contributed by atoms with E-state index < -0.39 is 0 Å². The van der Waals surface area contributed by atoms with Crippen LogP contribution in [-0.2, 0) is 11.3 Å². The smallest absolute Gasteiger partial charge is 0.246 e. The summed E-state index contributed by atoms with van der Waals surface area (Å²) in [4.78, 5) is 13.4. The Morgan fingerprint density at radius 2 is 2.07 bits per heavy atom. The lowest BCUT2D eigenvalue weighted by atomic mass is 10.1. The number of hydrogen-bond acceptors (Lipinski definition) is 6. The molecule has 8 nitrogen and oxygen atoms in total. The first-order chi connectivity index (χ1) is 14.0. The number of hydrogen-bond donors (Lipinski definition) is 1. The second kappa shape index (κ2) is 11.7. The number of aromatic nitrogens is 2. The molecule has 1 fully saturated rings. The number of benzene rings is 1. The fourth-order valence-electron chi connectivity index (χ4n) is 3.40. The van der Waals surface area contributed by atoms with Crippen LogP contribution in [0.5, 0.6) is 0 Å². The van der Waals surface area contributed by atoms with E-state index in [0.717, 1.165) is 37.2 Å². The van der Waals surface area contributed by atoms with E-state index >= 15 is 0 Å². The van der Waals surface area contributed by atoms with E-state index in [4.69, 9.17) is 20.9 Å². The molecule has 1 unspecified atom stereocenters. The van der Waals surface area contributed by atoms with Crippen LogP contribution in [0.15, 0.2) is 27.7 Å². The van der Waals surface area contributed by atoms with E-state index in [1.54, 1.807) is 7.05 Å². The standard InChI is InChI=1S/C20H29ClN6O2.HI/c1-5-28-15(3)19-24-18(29-25-19)13-23-20(22-4)27-10-8-26(9-11-27)17-12-16(21)7-6-14(17)2;/h6-7,12,15H,5,8-11,13H2,1-4H3,(H,22,23);1H. The fraction of sp³-hybridized carbons (Fsp3) is 0.550. The van der Waals surface area contributed by atoms with Crippen LogP contribution < -0.4 is 10.2 Å². The lowest BCUT2D eigenvalue weighted by Gasteiger charge is -2.38. The van der Waals surface area contributed by atoms with Crippen LogP contribution in [0.1, 0.15) is 37.2 Å². The molecule has 166 valence electrons. The van der Waals surface area contributed by atoms with Gasteiger partial charge in [0.15, 0.2) is 11.8 Å². The Balaban J connectivity index is 0.00000320. The van der Waals surface area contributed by atoms with Crippen molar-refractivity contribution in [2.75, 3.05) is 44.7 Å². The molecule has 0 amide bonds. The molecule has 0 saturated carbocycles. The molecule has 30 heavy (non-hydrogen) atoms. The molecule has 1 aliphatic rings. The monoisotopic (exact) mass is 548 g/mol. The lowest BCUT2D eigenvalue weighted by molar-refractivity contribution is 0.0683. The third-order valence-corrected chi connectivity index (χ3v) is 5.20. The summed E-state index contributed by atoms with van der Waals surface area (Å²) in [6.07, 6.45) is -0.181. The number of ether oxygens (including phenoxy) is 1. The summed E-state index contributed by atoms with van der Waals surface area (Å²) in [7, 11) is 1.78. The molecule has 10 heteroatoms. The van der Waals surface area contributed by atoms with Crippen molar-refractivity contribution in [1.29, 1.82) is 0 Å². The van der Waals surface area contributed by atoms with Crippen LogP contribution >= 0.6 is 35.6 Å². The number of guanidine groups is 1. The van der Waals surface area contributed by atoms with Gasteiger partial charge in [0.2, 0.25) is 5.89 Å². The Morgan fingerprint density at radius 3 is 2.73 bits per heavy atom. The summed E-state index contributed by atoms with van der Waals surface area (Å²) < 4.78 is 10.8. The number of nitrogens with one attached hydrogen (secondary N) is 1. The van der Waals surface area contributed by atoms with Gasteiger partial charge in [0, 0.05) is 50.5 Å². The van der Waals surface area contributed by atoms with Gasteiger partial charge in [-0.05, 0) is 38.5 Å². The molecular weight excluding hydrogens is 519 g/mol. The highest BCUT2D eigenvalue weighted by atomic mass is 127. The summed E-state index contributed by atoms with van der Waals surface area (Å²) in [5.74, 6) is 1.90. The van der Waals surface area contributed by atoms with Gasteiger partial charge < -0.3 is 24.4 Å². The molecule has 2 heterocycles. The molecule has 1 N–H and O–H groups in total. The first-order valence-corrected chi connectivity index (χ1v) is 10.3. The zero-order valence-corrected chi connectivity index (χ0v) is 21.0. The van der Waals surface area contributed by atoms with Crippen LogP contribution in [-0.4, -0.2) is 60.8 Å². The SMILES string of the molecule is CCOC(C)c1noc(CNC(=NC)N2CCN(c3cc(Cl)ccc3C)CC2)n1.I. The quantitative estimate of drug-likeness (QED) is 0.335. The number of aliphatic imine (C=N–C) groups is 1. The normalized spacial score (nSPS) is 15.7. The first-order valence-electron chi connectivity index (χ1n) is 9.92. The van der Waals surface area contributed by atoms with Crippen molar-refractivity contribution in [3.05, 3.63) is 40.5 Å². The van der Waals surface area contributed by atoms with Crippen LogP contribution in [0, 0.1) is 6.92 Å². The third kappa shape index (κ3) is 6.21. The Bertz CT molecular complexity index is 838. The Morgan fingerprint density at radius 1 is 1.33 bits per heavy atom. The highest BCUT2D eigenvalue weighted by Gasteiger charge is 2.21. The van der Waals surface area contributed by atoms with E-state index in [0.29, 0.717) is 24.9 Å². The molecule has 0 spiro atoms. The average Bonchev–Trinajstić information content (AvgIpc) is 3.20. The van der Waals surface area contributed by atoms with Crippen molar-refractivity contribution in [2.45, 2.75) is 33.4 Å². The van der Waals surface area contributed by atoms with Gasteiger partial charge in [0.05, 0.1) is 6.54 Å². The highest BCUT2D eigenvalue weighted by Crippen LogP contribution is 2.25. The molecule has 1 aromatic carbocycles. The number of rotatable bonds is 6. The minimum Gasteiger partial charge on any atom is -0.371 e. The van der Waals surface area contributed by atoms with Crippen molar-refractivity contribution in [3.63, 3.8) is 0 Å². The zero-order valence-electron chi connectivity index (χ0n) is 17.9. The average molecular weight is 549 g/mol. The number of halogens is 2. The number of nitrogens with zero attached hydrogens (tertiary/aromatic N) is 5. The van der Waals surface area contributed by atoms with Gasteiger partial charge in [-0.15, -0.1) is 24.0 Å². The van der Waals surface area contributed by atoms with Crippen molar-refractivity contribution < 1.29 is 9.26 Å². The lowest BCUT2D eigenvalue weighted by Crippen LogP contribution is -2.52. The summed E-state index contributed by atoms with van der Waals surface area (Å²) in [6, 6.07) is 6.03. The second-order valence-corrected chi connectivity index (χ2v) is 7.39. The van der Waals surface area contributed by atoms with Crippen molar-refractivity contribution >= 4 is 47.2 Å². The summed E-state index contributed by atoms with van der Waals surface area (Å²) in [6.45, 7) is 10.5. The Hall–Kier alpha value is -1.59. The third-order valence-electron chi connectivity index (χ3n) is 4.96. The number of aryl methyl sites for hydroxylation is 1. The molecule has 0 radical (unpaired) electrons. The maximum Gasteiger partial charge on any atom is 0.246 e. The van der Waals surface area contributed by atoms with Gasteiger partial charge in [-0.3, -0.25) is 4.99 Å². The number of piperazine rings is 1. The van der Waals surface area contributed by atoms with Gasteiger partial charge in [0.1, 0.15) is 6.10 Å². The molecule has 3 rings (SSSR count). The van der Waals surface area contributed by atoms with Gasteiger partial charge in [-0.1, -0.05) is 22.8 Å². The van der Waals surface area contributed by atoms with E-state index in [2.05, 4.69) is 43.2 Å². The molecule has 1 atom stereocenters. The largest absolute Gasteiger partial charge is 0.371 e. The zero-order chi connectivity index (χ0) is 20.8. The molecule has 1 aliphatic heterocycles. The van der Waals surface area contributed by atoms with E-state index in [9.17, 15) is 0 Å². The van der Waals surface area contributed by atoms with E-state index in [-0.39, 0.29) is 30.1 Å². The predicted octanol–water partition coefficient (Wildman–Crippen LogP) is 3.64. The fourth-order valence-corrected chi connectivity index (χ4v) is 3.57. The Kier molecular flexibility index (Phi) is 9.63. The summed E-state index contributed by atoms with van der Waals surface area (Å²) >= 11 is 6.18. The molecule has 0 bridgehead atoms. The first kappa shape index (κ1) is 24.7. The second-order valence-electron chi connectivity index (χ2n) is 6.95. The minimum atomic E-state index is -0.181. The molecule has 1 aromatic heterocycles. The van der Waals surface area contributed by atoms with Gasteiger partial charge in [-0.2, -0.15) is 4.98 Å². The predicted molar refractivity (Wildman–Crippen MR) is 130 cm³/mol. The minimum absolute atomic E-state index is 0. The van der Waals surface area contributed by atoms with E-state index in [1.165, 1.54) is 11.3 Å². The van der Waals surface area contributed by atoms with Crippen LogP contribution in [0.25, 0.3) is 0 Å². The maximum atomic E-state index is 6.18. The highest BCUT2D eigenvalue weighted by molar-refractivity contribution is 14.0. The van der Waals surface area contributed by atoms with Crippen LogP contribution in [0.2, 0.25) is 5.02 Å². The topological polar surface area (TPSA) is 79.0 Å². The molecule has 0 aliphatic carbocycles. The molecule has 2 aromatic rings. The summed E-state index contributed by atoms with van der Waals surface area (Å²) in [5.41, 5.74) is 2.43. The van der Waals surface area contributed by atoms with E-state index in [1.807, 2.05) is 26.0 Å². The maximum absolute atomic E-state index is 6.18. The van der Waals surface area contributed by atoms with Crippen LogP contribution in [0.4, 0.5) is 5.69 Å². The van der Waals surface area contributed by atoms with Crippen LogP contribution in [0.3, 0.4) is 0 Å². The van der Waals surface area contributed by atoms with Gasteiger partial charge in [0.25, 0.3) is 0 Å². The molecule has 1 saturated heterocycles. The van der Waals surface area contributed by atoms with Crippen molar-refractivity contribution in [1.82, 2.24) is 20.4 Å². The van der Waals surface area contributed by atoms with Crippen molar-refractivity contribution in [2.24, 2.45) is 4.99 Å². The Labute approximate surface area is 200 Å². The van der Waals surface area contributed by atoms with Crippen molar-refractivity contribution in [3.8, 4) is 0 Å². The number of anilines is 1. The van der Waals surface area contributed by atoms with Gasteiger partial charge >= 0.3 is 0 Å². The van der Waals surface area contributed by atoms with Gasteiger partial charge in [-0.25, -0.2) is 0 Å².